The number of ether oxygens (including phenoxy) is 1. The van der Waals surface area contributed by atoms with Gasteiger partial charge in [-0.25, -0.2) is 4.99 Å². The summed E-state index contributed by atoms with van der Waals surface area (Å²) in [5.41, 5.74) is 3.57. The zero-order chi connectivity index (χ0) is 20.9. The second kappa shape index (κ2) is 10.6. The molecule has 7 nitrogen and oxygen atoms in total. The molecule has 0 spiro atoms. The number of aromatic nitrogens is 3. The number of hydrogen-bond acceptors (Lipinski definition) is 4. The number of halogens is 1. The molecule has 1 aromatic heterocycles. The van der Waals surface area contributed by atoms with Crippen LogP contribution in [0.1, 0.15) is 40.8 Å². The van der Waals surface area contributed by atoms with Crippen LogP contribution in [0, 0.1) is 13.8 Å². The zero-order valence-corrected chi connectivity index (χ0v) is 20.5. The van der Waals surface area contributed by atoms with Crippen LogP contribution >= 0.6 is 24.0 Å². The molecule has 1 aliphatic rings. The minimum Gasteiger partial charge on any atom is -0.493 e. The van der Waals surface area contributed by atoms with Gasteiger partial charge in [0.15, 0.2) is 11.8 Å². The Morgan fingerprint density at radius 2 is 1.90 bits per heavy atom. The third-order valence-corrected chi connectivity index (χ3v) is 5.41. The van der Waals surface area contributed by atoms with Gasteiger partial charge in [0.2, 0.25) is 0 Å². The van der Waals surface area contributed by atoms with Crippen molar-refractivity contribution in [1.29, 1.82) is 0 Å². The standard InChI is InChI=1S/C23H28N6O.HI/c1-16-8-10-18(11-9-16)14-24-23(25-15-22-28-27-17(2)29(22)3)26-20-12-13-30-21-7-5-4-6-19(20)21;/h4-11,20H,12-15H2,1-3H3,(H2,24,25,26);1H. The third kappa shape index (κ3) is 5.75. The maximum absolute atomic E-state index is 5.80. The van der Waals surface area contributed by atoms with Crippen LogP contribution in [-0.4, -0.2) is 27.3 Å². The van der Waals surface area contributed by atoms with Gasteiger partial charge in [-0.3, -0.25) is 0 Å². The van der Waals surface area contributed by atoms with Gasteiger partial charge in [-0.05, 0) is 25.5 Å². The predicted octanol–water partition coefficient (Wildman–Crippen LogP) is 3.81. The Labute approximate surface area is 200 Å². The summed E-state index contributed by atoms with van der Waals surface area (Å²) in [6, 6.07) is 16.8. The molecule has 0 aliphatic carbocycles. The summed E-state index contributed by atoms with van der Waals surface area (Å²) < 4.78 is 7.78. The van der Waals surface area contributed by atoms with Crippen LogP contribution in [0.15, 0.2) is 53.5 Å². The van der Waals surface area contributed by atoms with Crippen molar-refractivity contribution in [1.82, 2.24) is 25.4 Å². The lowest BCUT2D eigenvalue weighted by atomic mass is 10.0. The highest BCUT2D eigenvalue weighted by atomic mass is 127. The molecule has 2 heterocycles. The molecule has 0 fully saturated rings. The van der Waals surface area contributed by atoms with Crippen LogP contribution in [0.25, 0.3) is 0 Å². The fraction of sp³-hybridized carbons (Fsp3) is 0.348. The minimum atomic E-state index is 0. The summed E-state index contributed by atoms with van der Waals surface area (Å²) in [5, 5.41) is 15.4. The Kier molecular flexibility index (Phi) is 7.89. The number of benzene rings is 2. The number of guanidine groups is 1. The number of para-hydroxylation sites is 1. The van der Waals surface area contributed by atoms with Crippen LogP contribution in [0.2, 0.25) is 0 Å². The van der Waals surface area contributed by atoms with Crippen molar-refractivity contribution < 1.29 is 4.74 Å². The van der Waals surface area contributed by atoms with E-state index >= 15 is 0 Å². The highest BCUT2D eigenvalue weighted by Gasteiger charge is 2.22. The minimum absolute atomic E-state index is 0. The van der Waals surface area contributed by atoms with Gasteiger partial charge in [0, 0.05) is 19.0 Å². The Balaban J connectivity index is 0.00000272. The highest BCUT2D eigenvalue weighted by molar-refractivity contribution is 14.0. The van der Waals surface area contributed by atoms with E-state index in [1.165, 1.54) is 11.1 Å². The molecular formula is C23H29IN6O. The Morgan fingerprint density at radius 3 is 2.65 bits per heavy atom. The van der Waals surface area contributed by atoms with Crippen molar-refractivity contribution >= 4 is 29.9 Å². The van der Waals surface area contributed by atoms with Crippen molar-refractivity contribution in [3.8, 4) is 5.75 Å². The molecule has 164 valence electrons. The van der Waals surface area contributed by atoms with E-state index < -0.39 is 0 Å². The number of aryl methyl sites for hydroxylation is 2. The van der Waals surface area contributed by atoms with Crippen molar-refractivity contribution in [3.63, 3.8) is 0 Å². The first-order valence-corrected chi connectivity index (χ1v) is 10.3. The Bertz CT molecular complexity index is 1030. The van der Waals surface area contributed by atoms with Crippen LogP contribution in [0.5, 0.6) is 5.75 Å². The molecular weight excluding hydrogens is 503 g/mol. The van der Waals surface area contributed by atoms with Gasteiger partial charge < -0.3 is 19.9 Å². The van der Waals surface area contributed by atoms with Crippen LogP contribution in [0.4, 0.5) is 0 Å². The average Bonchev–Trinajstić information content (AvgIpc) is 3.09. The normalized spacial score (nSPS) is 15.5. The molecule has 0 radical (unpaired) electrons. The Morgan fingerprint density at radius 1 is 1.13 bits per heavy atom. The fourth-order valence-corrected chi connectivity index (χ4v) is 3.44. The summed E-state index contributed by atoms with van der Waals surface area (Å²) in [4.78, 5) is 4.84. The topological polar surface area (TPSA) is 76.4 Å². The van der Waals surface area contributed by atoms with Crippen molar-refractivity contribution in [2.24, 2.45) is 12.0 Å². The molecule has 0 saturated heterocycles. The van der Waals surface area contributed by atoms with Crippen molar-refractivity contribution in [2.75, 3.05) is 6.61 Å². The number of fused-ring (bicyclic) bond motifs is 1. The van der Waals surface area contributed by atoms with Crippen LogP contribution < -0.4 is 15.4 Å². The summed E-state index contributed by atoms with van der Waals surface area (Å²) in [6.45, 7) is 5.86. The van der Waals surface area contributed by atoms with E-state index in [1.807, 2.05) is 36.7 Å². The number of aliphatic imine (C=N–C) groups is 1. The summed E-state index contributed by atoms with van der Waals surface area (Å²) in [7, 11) is 1.97. The quantitative estimate of drug-likeness (QED) is 0.297. The predicted molar refractivity (Wildman–Crippen MR) is 133 cm³/mol. The molecule has 0 bridgehead atoms. The molecule has 1 atom stereocenters. The van der Waals surface area contributed by atoms with Crippen LogP contribution in [-0.2, 0) is 20.1 Å². The number of nitrogens with zero attached hydrogens (tertiary/aromatic N) is 4. The van der Waals surface area contributed by atoms with E-state index in [1.54, 1.807) is 0 Å². The van der Waals surface area contributed by atoms with E-state index in [2.05, 4.69) is 58.1 Å². The van der Waals surface area contributed by atoms with E-state index in [4.69, 9.17) is 9.73 Å². The maximum atomic E-state index is 5.80. The molecule has 0 amide bonds. The van der Waals surface area contributed by atoms with Gasteiger partial charge in [0.05, 0.1) is 25.7 Å². The first-order valence-electron chi connectivity index (χ1n) is 10.3. The van der Waals surface area contributed by atoms with Gasteiger partial charge in [-0.2, -0.15) is 0 Å². The summed E-state index contributed by atoms with van der Waals surface area (Å²) in [5.74, 6) is 3.43. The van der Waals surface area contributed by atoms with Gasteiger partial charge >= 0.3 is 0 Å². The Hall–Kier alpha value is -2.62. The molecule has 1 unspecified atom stereocenters. The van der Waals surface area contributed by atoms with Gasteiger partial charge in [-0.15, -0.1) is 34.2 Å². The fourth-order valence-electron chi connectivity index (χ4n) is 3.44. The lowest BCUT2D eigenvalue weighted by molar-refractivity contribution is 0.261. The smallest absolute Gasteiger partial charge is 0.192 e. The number of nitrogens with one attached hydrogen (secondary N) is 2. The number of hydrogen-bond donors (Lipinski definition) is 2. The second-order valence-corrected chi connectivity index (χ2v) is 7.60. The van der Waals surface area contributed by atoms with Gasteiger partial charge in [0.25, 0.3) is 0 Å². The van der Waals surface area contributed by atoms with E-state index in [0.29, 0.717) is 19.7 Å². The first-order chi connectivity index (χ1) is 14.6. The molecule has 1 aliphatic heterocycles. The monoisotopic (exact) mass is 532 g/mol. The van der Waals surface area contributed by atoms with Gasteiger partial charge in [-0.1, -0.05) is 48.0 Å². The van der Waals surface area contributed by atoms with E-state index in [0.717, 1.165) is 35.3 Å². The zero-order valence-electron chi connectivity index (χ0n) is 18.1. The molecule has 4 rings (SSSR count). The lowest BCUT2D eigenvalue weighted by Gasteiger charge is -2.28. The van der Waals surface area contributed by atoms with Crippen LogP contribution in [0.3, 0.4) is 0 Å². The molecule has 3 aromatic rings. The van der Waals surface area contributed by atoms with Crippen molar-refractivity contribution in [3.05, 3.63) is 76.9 Å². The van der Waals surface area contributed by atoms with E-state index in [9.17, 15) is 0 Å². The molecule has 0 saturated carbocycles. The lowest BCUT2D eigenvalue weighted by Crippen LogP contribution is -2.41. The van der Waals surface area contributed by atoms with Gasteiger partial charge in [0.1, 0.15) is 11.6 Å². The highest BCUT2D eigenvalue weighted by Crippen LogP contribution is 2.31. The largest absolute Gasteiger partial charge is 0.493 e. The second-order valence-electron chi connectivity index (χ2n) is 7.60. The molecule has 2 aromatic carbocycles. The summed E-state index contributed by atoms with van der Waals surface area (Å²) >= 11 is 0. The summed E-state index contributed by atoms with van der Waals surface area (Å²) in [6.07, 6.45) is 0.880. The molecule has 8 heteroatoms. The third-order valence-electron chi connectivity index (χ3n) is 5.41. The molecule has 31 heavy (non-hydrogen) atoms. The SMILES string of the molecule is Cc1ccc(CN=C(NCc2nnc(C)n2C)NC2CCOc3ccccc32)cc1.I. The van der Waals surface area contributed by atoms with Crippen molar-refractivity contribution in [2.45, 2.75) is 39.4 Å². The molecule has 2 N–H and O–H groups in total. The van der Waals surface area contributed by atoms with E-state index in [-0.39, 0.29) is 30.0 Å². The maximum Gasteiger partial charge on any atom is 0.192 e. The number of rotatable bonds is 5. The average molecular weight is 532 g/mol. The first kappa shape index (κ1) is 23.1.